The highest BCUT2D eigenvalue weighted by Crippen LogP contribution is 2.34. The molecule has 3 aromatic rings. The van der Waals surface area contributed by atoms with E-state index in [1.807, 2.05) is 0 Å². The van der Waals surface area contributed by atoms with Crippen LogP contribution in [-0.2, 0) is 12.7 Å². The molecule has 0 bridgehead atoms. The molecule has 0 amide bonds. The Bertz CT molecular complexity index is 1070. The van der Waals surface area contributed by atoms with E-state index >= 15 is 0 Å². The summed E-state index contributed by atoms with van der Waals surface area (Å²) in [5, 5.41) is 7.09. The number of hydrogen-bond acceptors (Lipinski definition) is 3. The summed E-state index contributed by atoms with van der Waals surface area (Å²) in [6.07, 6.45) is -4.54. The van der Waals surface area contributed by atoms with Crippen LogP contribution in [-0.4, -0.2) is 22.8 Å². The molecule has 0 radical (unpaired) electrons. The van der Waals surface area contributed by atoms with Gasteiger partial charge in [-0.2, -0.15) is 18.3 Å². The average molecular weight is 417 g/mol. The van der Waals surface area contributed by atoms with Crippen LogP contribution in [0, 0.1) is 13.8 Å². The predicted octanol–water partition coefficient (Wildman–Crippen LogP) is 4.44. The van der Waals surface area contributed by atoms with Crippen molar-refractivity contribution in [2.45, 2.75) is 26.6 Å². The summed E-state index contributed by atoms with van der Waals surface area (Å²) in [5.74, 6) is 0.617. The number of nitrogens with one attached hydrogen (secondary N) is 1. The van der Waals surface area contributed by atoms with Crippen LogP contribution in [0.25, 0.3) is 5.69 Å². The first-order valence-corrected chi connectivity index (χ1v) is 9.12. The quantitative estimate of drug-likeness (QED) is 0.475. The van der Waals surface area contributed by atoms with Gasteiger partial charge in [0.2, 0.25) is 0 Å². The zero-order valence-electron chi connectivity index (χ0n) is 16.8. The minimum absolute atomic E-state index is 0.000926. The topological polar surface area (TPSA) is 77.5 Å². The first-order chi connectivity index (χ1) is 14.2. The first kappa shape index (κ1) is 21.2. The number of halogens is 3. The SMILES string of the molecule is COc1cccc(NC(N)=NCc2ccc(-n3nc(C)cc3C)cc2C(F)(F)F)c1. The van der Waals surface area contributed by atoms with E-state index in [0.717, 1.165) is 17.5 Å². The van der Waals surface area contributed by atoms with E-state index in [9.17, 15) is 13.2 Å². The number of alkyl halides is 3. The first-order valence-electron chi connectivity index (χ1n) is 9.12. The van der Waals surface area contributed by atoms with Gasteiger partial charge in [0.05, 0.1) is 30.6 Å². The number of nitrogens with zero attached hydrogens (tertiary/aromatic N) is 3. The second-order valence-corrected chi connectivity index (χ2v) is 6.74. The van der Waals surface area contributed by atoms with E-state index in [2.05, 4.69) is 15.4 Å². The molecular weight excluding hydrogens is 395 g/mol. The van der Waals surface area contributed by atoms with Crippen LogP contribution >= 0.6 is 0 Å². The summed E-state index contributed by atoms with van der Waals surface area (Å²) in [7, 11) is 1.53. The summed E-state index contributed by atoms with van der Waals surface area (Å²) in [6, 6.07) is 12.8. The Hall–Kier alpha value is -3.49. The summed E-state index contributed by atoms with van der Waals surface area (Å²) in [4.78, 5) is 4.06. The van der Waals surface area contributed by atoms with E-state index in [1.54, 1.807) is 50.2 Å². The van der Waals surface area contributed by atoms with E-state index in [1.165, 1.54) is 17.9 Å². The molecule has 0 unspecified atom stereocenters. The van der Waals surface area contributed by atoms with Gasteiger partial charge in [-0.25, -0.2) is 9.67 Å². The molecule has 3 N–H and O–H groups in total. The Morgan fingerprint density at radius 1 is 1.17 bits per heavy atom. The zero-order valence-corrected chi connectivity index (χ0v) is 16.8. The molecule has 9 heteroatoms. The summed E-state index contributed by atoms with van der Waals surface area (Å²) >= 11 is 0. The normalized spacial score (nSPS) is 12.1. The molecule has 1 heterocycles. The number of anilines is 1. The van der Waals surface area contributed by atoms with E-state index < -0.39 is 11.7 Å². The highest BCUT2D eigenvalue weighted by Gasteiger charge is 2.33. The number of methoxy groups -OCH3 is 1. The highest BCUT2D eigenvalue weighted by molar-refractivity contribution is 5.92. The molecule has 30 heavy (non-hydrogen) atoms. The minimum atomic E-state index is -4.54. The maximum absolute atomic E-state index is 13.7. The molecule has 0 spiro atoms. The Morgan fingerprint density at radius 2 is 1.93 bits per heavy atom. The lowest BCUT2D eigenvalue weighted by molar-refractivity contribution is -0.138. The van der Waals surface area contributed by atoms with Crippen molar-refractivity contribution >= 4 is 11.6 Å². The molecule has 0 saturated carbocycles. The van der Waals surface area contributed by atoms with Crippen LogP contribution in [0.2, 0.25) is 0 Å². The van der Waals surface area contributed by atoms with Crippen molar-refractivity contribution in [2.24, 2.45) is 10.7 Å². The Morgan fingerprint density at radius 3 is 2.57 bits per heavy atom. The molecule has 0 saturated heterocycles. The lowest BCUT2D eigenvalue weighted by Gasteiger charge is -2.15. The Balaban J connectivity index is 1.85. The van der Waals surface area contributed by atoms with Gasteiger partial charge in [-0.05, 0) is 49.7 Å². The third kappa shape index (κ3) is 4.91. The van der Waals surface area contributed by atoms with Gasteiger partial charge in [-0.15, -0.1) is 0 Å². The summed E-state index contributed by atoms with van der Waals surface area (Å²) in [5.41, 5.74) is 7.52. The number of benzene rings is 2. The van der Waals surface area contributed by atoms with E-state index in [4.69, 9.17) is 10.5 Å². The molecule has 6 nitrogen and oxygen atoms in total. The summed E-state index contributed by atoms with van der Waals surface area (Å²) in [6.45, 7) is 3.35. The second kappa shape index (κ2) is 8.48. The van der Waals surface area contributed by atoms with E-state index in [-0.39, 0.29) is 18.1 Å². The predicted molar refractivity (Wildman–Crippen MR) is 110 cm³/mol. The number of aryl methyl sites for hydroxylation is 2. The maximum Gasteiger partial charge on any atom is 0.416 e. The zero-order chi connectivity index (χ0) is 21.9. The number of hydrogen-bond donors (Lipinski definition) is 2. The van der Waals surface area contributed by atoms with Crippen molar-refractivity contribution in [2.75, 3.05) is 12.4 Å². The van der Waals surface area contributed by atoms with Crippen molar-refractivity contribution in [1.82, 2.24) is 9.78 Å². The smallest absolute Gasteiger partial charge is 0.416 e. The van der Waals surface area contributed by atoms with Gasteiger partial charge in [-0.3, -0.25) is 0 Å². The molecule has 0 aliphatic heterocycles. The number of aliphatic imine (C=N–C) groups is 1. The fraction of sp³-hybridized carbons (Fsp3) is 0.238. The van der Waals surface area contributed by atoms with Crippen molar-refractivity contribution in [3.8, 4) is 11.4 Å². The number of ether oxygens (including phenoxy) is 1. The standard InChI is InChI=1S/C21H22F3N5O/c1-13-9-14(2)29(28-13)17-8-7-15(19(11-17)21(22,23)24)12-26-20(25)27-16-5-4-6-18(10-16)30-3/h4-11H,12H2,1-3H3,(H3,25,26,27). The third-order valence-corrected chi connectivity index (χ3v) is 4.41. The number of rotatable bonds is 5. The van der Waals surface area contributed by atoms with E-state index in [0.29, 0.717) is 17.1 Å². The van der Waals surface area contributed by atoms with Crippen LogP contribution in [0.5, 0.6) is 5.75 Å². The van der Waals surface area contributed by atoms with Crippen LogP contribution in [0.3, 0.4) is 0 Å². The summed E-state index contributed by atoms with van der Waals surface area (Å²) < 4.78 is 47.6. The van der Waals surface area contributed by atoms with Gasteiger partial charge in [-0.1, -0.05) is 12.1 Å². The van der Waals surface area contributed by atoms with Crippen LogP contribution in [0.15, 0.2) is 53.5 Å². The van der Waals surface area contributed by atoms with Gasteiger partial charge in [0.15, 0.2) is 5.96 Å². The highest BCUT2D eigenvalue weighted by atomic mass is 19.4. The lowest BCUT2D eigenvalue weighted by atomic mass is 10.1. The Labute approximate surface area is 172 Å². The molecule has 0 atom stereocenters. The van der Waals surface area contributed by atoms with Crippen molar-refractivity contribution in [3.05, 3.63) is 71.0 Å². The van der Waals surface area contributed by atoms with Crippen LogP contribution in [0.1, 0.15) is 22.5 Å². The number of nitrogens with two attached hydrogens (primary N) is 1. The van der Waals surface area contributed by atoms with Gasteiger partial charge >= 0.3 is 6.18 Å². The molecule has 0 aliphatic rings. The Kier molecular flexibility index (Phi) is 6.00. The monoisotopic (exact) mass is 417 g/mol. The van der Waals surface area contributed by atoms with Gasteiger partial charge in [0.25, 0.3) is 0 Å². The van der Waals surface area contributed by atoms with Gasteiger partial charge < -0.3 is 15.8 Å². The molecule has 2 aromatic carbocycles. The number of guanidine groups is 1. The molecular formula is C21H22F3N5O. The molecule has 1 aromatic heterocycles. The van der Waals surface area contributed by atoms with Crippen molar-refractivity contribution < 1.29 is 17.9 Å². The van der Waals surface area contributed by atoms with Gasteiger partial charge in [0.1, 0.15) is 5.75 Å². The third-order valence-electron chi connectivity index (χ3n) is 4.41. The average Bonchev–Trinajstić information content (AvgIpc) is 3.03. The minimum Gasteiger partial charge on any atom is -0.497 e. The van der Waals surface area contributed by atoms with Crippen molar-refractivity contribution in [3.63, 3.8) is 0 Å². The fourth-order valence-electron chi connectivity index (χ4n) is 3.05. The lowest BCUT2D eigenvalue weighted by Crippen LogP contribution is -2.23. The second-order valence-electron chi connectivity index (χ2n) is 6.74. The fourth-order valence-corrected chi connectivity index (χ4v) is 3.05. The van der Waals surface area contributed by atoms with Crippen LogP contribution < -0.4 is 15.8 Å². The van der Waals surface area contributed by atoms with Gasteiger partial charge in [0, 0.05) is 17.4 Å². The number of aromatic nitrogens is 2. The maximum atomic E-state index is 13.7. The van der Waals surface area contributed by atoms with Crippen LogP contribution in [0.4, 0.5) is 18.9 Å². The molecule has 3 rings (SSSR count). The van der Waals surface area contributed by atoms with Crippen molar-refractivity contribution in [1.29, 1.82) is 0 Å². The molecule has 0 fully saturated rings. The largest absolute Gasteiger partial charge is 0.497 e. The molecule has 158 valence electrons. The molecule has 0 aliphatic carbocycles.